The minimum absolute atomic E-state index is 0. The van der Waals surface area contributed by atoms with E-state index in [9.17, 15) is 8.78 Å². The van der Waals surface area contributed by atoms with Crippen molar-refractivity contribution in [3.8, 4) is 5.75 Å². The standard InChI is InChI=1S/C18H27F2N3O3.HI/c1-21-18(22-7-3-8-25-16-6-9-24-12-16)23-11-14-4-2-5-15(10-14)26-13-17(19)20;/h2,4-5,10,16-17H,3,6-9,11-13H2,1H3,(H2,21,22,23);1H. The zero-order valence-electron chi connectivity index (χ0n) is 15.5. The zero-order valence-corrected chi connectivity index (χ0v) is 17.8. The Bertz CT molecular complexity index is 558. The largest absolute Gasteiger partial charge is 0.488 e. The molecule has 9 heteroatoms. The molecule has 154 valence electrons. The van der Waals surface area contributed by atoms with Crippen LogP contribution >= 0.6 is 24.0 Å². The third-order valence-electron chi connectivity index (χ3n) is 3.81. The molecule has 1 aliphatic rings. The van der Waals surface area contributed by atoms with Gasteiger partial charge in [-0.1, -0.05) is 12.1 Å². The minimum atomic E-state index is -2.48. The van der Waals surface area contributed by atoms with Crippen molar-refractivity contribution in [2.24, 2.45) is 4.99 Å². The number of ether oxygens (including phenoxy) is 3. The van der Waals surface area contributed by atoms with Crippen molar-refractivity contribution < 1.29 is 23.0 Å². The van der Waals surface area contributed by atoms with Crippen molar-refractivity contribution >= 4 is 29.9 Å². The number of hydrogen-bond donors (Lipinski definition) is 2. The Hall–Kier alpha value is -1.20. The van der Waals surface area contributed by atoms with Crippen LogP contribution in [0, 0.1) is 0 Å². The molecule has 0 aromatic heterocycles. The van der Waals surface area contributed by atoms with E-state index in [0.717, 1.165) is 31.6 Å². The summed E-state index contributed by atoms with van der Waals surface area (Å²) in [7, 11) is 1.70. The maximum atomic E-state index is 12.2. The molecule has 0 radical (unpaired) electrons. The van der Waals surface area contributed by atoms with Crippen LogP contribution in [0.1, 0.15) is 18.4 Å². The summed E-state index contributed by atoms with van der Waals surface area (Å²) in [6.07, 6.45) is -0.415. The Labute approximate surface area is 176 Å². The summed E-state index contributed by atoms with van der Waals surface area (Å²) in [6.45, 7) is 2.81. The second-order valence-electron chi connectivity index (χ2n) is 5.91. The van der Waals surface area contributed by atoms with Gasteiger partial charge in [-0.15, -0.1) is 24.0 Å². The van der Waals surface area contributed by atoms with Crippen molar-refractivity contribution in [1.29, 1.82) is 0 Å². The van der Waals surface area contributed by atoms with Gasteiger partial charge in [-0.3, -0.25) is 4.99 Å². The van der Waals surface area contributed by atoms with Crippen LogP contribution < -0.4 is 15.4 Å². The Kier molecular flexibility index (Phi) is 12.3. The number of hydrogen-bond acceptors (Lipinski definition) is 4. The molecule has 0 amide bonds. The SMILES string of the molecule is CN=C(NCCCOC1CCOC1)NCc1cccc(OCC(F)F)c1.I. The number of halogens is 3. The highest BCUT2D eigenvalue weighted by Crippen LogP contribution is 2.14. The van der Waals surface area contributed by atoms with Crippen LogP contribution in [0.2, 0.25) is 0 Å². The number of rotatable bonds is 10. The zero-order chi connectivity index (χ0) is 18.6. The summed E-state index contributed by atoms with van der Waals surface area (Å²) >= 11 is 0. The van der Waals surface area contributed by atoms with Crippen LogP contribution in [0.25, 0.3) is 0 Å². The molecule has 0 saturated carbocycles. The molecule has 2 rings (SSSR count). The topological polar surface area (TPSA) is 64.1 Å². The molecule has 6 nitrogen and oxygen atoms in total. The molecule has 1 unspecified atom stereocenters. The Morgan fingerprint density at radius 1 is 1.37 bits per heavy atom. The lowest BCUT2D eigenvalue weighted by Crippen LogP contribution is -2.37. The number of aliphatic imine (C=N–C) groups is 1. The van der Waals surface area contributed by atoms with E-state index >= 15 is 0 Å². The summed E-state index contributed by atoms with van der Waals surface area (Å²) in [5.74, 6) is 1.11. The normalized spacial score (nSPS) is 16.9. The van der Waals surface area contributed by atoms with Crippen molar-refractivity contribution in [3.05, 3.63) is 29.8 Å². The summed E-state index contributed by atoms with van der Waals surface area (Å²) in [5.41, 5.74) is 0.921. The fraction of sp³-hybridized carbons (Fsp3) is 0.611. The van der Waals surface area contributed by atoms with Crippen LogP contribution in [0.15, 0.2) is 29.3 Å². The van der Waals surface area contributed by atoms with E-state index in [4.69, 9.17) is 14.2 Å². The fourth-order valence-corrected chi connectivity index (χ4v) is 2.48. The van der Waals surface area contributed by atoms with Gasteiger partial charge in [-0.05, 0) is 30.5 Å². The Balaban J connectivity index is 0.00000364. The van der Waals surface area contributed by atoms with Gasteiger partial charge in [0, 0.05) is 33.4 Å². The van der Waals surface area contributed by atoms with E-state index in [1.54, 1.807) is 25.2 Å². The first-order valence-corrected chi connectivity index (χ1v) is 8.81. The summed E-state index contributed by atoms with van der Waals surface area (Å²) in [6, 6.07) is 7.07. The van der Waals surface area contributed by atoms with E-state index in [1.807, 2.05) is 6.07 Å². The van der Waals surface area contributed by atoms with Crippen LogP contribution in [0.3, 0.4) is 0 Å². The molecule has 1 fully saturated rings. The maximum Gasteiger partial charge on any atom is 0.272 e. The van der Waals surface area contributed by atoms with E-state index in [0.29, 0.717) is 31.5 Å². The van der Waals surface area contributed by atoms with Crippen LogP contribution in [0.5, 0.6) is 5.75 Å². The predicted molar refractivity (Wildman–Crippen MR) is 111 cm³/mol. The monoisotopic (exact) mass is 499 g/mol. The molecule has 0 spiro atoms. The number of nitrogens with one attached hydrogen (secondary N) is 2. The van der Waals surface area contributed by atoms with E-state index in [1.165, 1.54) is 0 Å². The summed E-state index contributed by atoms with van der Waals surface area (Å²) < 4.78 is 40.4. The average molecular weight is 499 g/mol. The van der Waals surface area contributed by atoms with Crippen LogP contribution in [0.4, 0.5) is 8.78 Å². The predicted octanol–water partition coefficient (Wildman–Crippen LogP) is 2.81. The summed E-state index contributed by atoms with van der Waals surface area (Å²) in [5, 5.41) is 6.40. The summed E-state index contributed by atoms with van der Waals surface area (Å²) in [4.78, 5) is 4.16. The molecule has 1 aromatic carbocycles. The highest BCUT2D eigenvalue weighted by Gasteiger charge is 2.15. The van der Waals surface area contributed by atoms with Gasteiger partial charge in [-0.2, -0.15) is 0 Å². The first-order chi connectivity index (χ1) is 12.7. The molecular formula is C18H28F2IN3O3. The lowest BCUT2D eigenvalue weighted by atomic mass is 10.2. The Morgan fingerprint density at radius 3 is 2.93 bits per heavy atom. The quantitative estimate of drug-likeness (QED) is 0.225. The molecule has 1 heterocycles. The third kappa shape index (κ3) is 10.1. The van der Waals surface area contributed by atoms with Crippen molar-refractivity contribution in [3.63, 3.8) is 0 Å². The highest BCUT2D eigenvalue weighted by atomic mass is 127. The molecule has 1 aliphatic heterocycles. The number of guanidine groups is 1. The smallest absolute Gasteiger partial charge is 0.272 e. The molecule has 1 saturated heterocycles. The van der Waals surface area contributed by atoms with Crippen LogP contribution in [-0.4, -0.2) is 58.5 Å². The molecule has 2 N–H and O–H groups in total. The first-order valence-electron chi connectivity index (χ1n) is 8.81. The van der Waals surface area contributed by atoms with Crippen molar-refractivity contribution in [2.45, 2.75) is 31.9 Å². The van der Waals surface area contributed by atoms with Gasteiger partial charge >= 0.3 is 0 Å². The van der Waals surface area contributed by atoms with Gasteiger partial charge < -0.3 is 24.8 Å². The molecule has 0 bridgehead atoms. The van der Waals surface area contributed by atoms with Gasteiger partial charge in [0.1, 0.15) is 12.4 Å². The van der Waals surface area contributed by atoms with Crippen molar-refractivity contribution in [2.75, 3.05) is 40.0 Å². The molecule has 1 aromatic rings. The third-order valence-corrected chi connectivity index (χ3v) is 3.81. The van der Waals surface area contributed by atoms with E-state index in [-0.39, 0.29) is 30.1 Å². The molecule has 1 atom stereocenters. The fourth-order valence-electron chi connectivity index (χ4n) is 2.48. The number of benzene rings is 1. The second-order valence-corrected chi connectivity index (χ2v) is 5.91. The van der Waals surface area contributed by atoms with Gasteiger partial charge in [0.15, 0.2) is 5.96 Å². The van der Waals surface area contributed by atoms with E-state index in [2.05, 4.69) is 15.6 Å². The van der Waals surface area contributed by atoms with Crippen molar-refractivity contribution in [1.82, 2.24) is 10.6 Å². The molecule has 27 heavy (non-hydrogen) atoms. The number of nitrogens with zero attached hydrogens (tertiary/aromatic N) is 1. The van der Waals surface area contributed by atoms with Gasteiger partial charge in [0.2, 0.25) is 0 Å². The van der Waals surface area contributed by atoms with Gasteiger partial charge in [0.05, 0.1) is 12.7 Å². The highest BCUT2D eigenvalue weighted by molar-refractivity contribution is 14.0. The van der Waals surface area contributed by atoms with E-state index < -0.39 is 13.0 Å². The Morgan fingerprint density at radius 2 is 2.22 bits per heavy atom. The molecule has 0 aliphatic carbocycles. The van der Waals surface area contributed by atoms with Gasteiger partial charge in [0.25, 0.3) is 6.43 Å². The average Bonchev–Trinajstić information content (AvgIpc) is 3.16. The maximum absolute atomic E-state index is 12.2. The second kappa shape index (κ2) is 13.9. The lowest BCUT2D eigenvalue weighted by molar-refractivity contribution is 0.0420. The van der Waals surface area contributed by atoms with Gasteiger partial charge in [-0.25, -0.2) is 8.78 Å². The molecular weight excluding hydrogens is 471 g/mol. The lowest BCUT2D eigenvalue weighted by Gasteiger charge is -2.14. The number of alkyl halides is 2. The van der Waals surface area contributed by atoms with Crippen LogP contribution in [-0.2, 0) is 16.0 Å². The first kappa shape index (κ1) is 23.8. The minimum Gasteiger partial charge on any atom is -0.488 e.